The van der Waals surface area contributed by atoms with Crippen molar-refractivity contribution in [2.75, 3.05) is 12.3 Å². The molecule has 0 aliphatic rings. The zero-order valence-corrected chi connectivity index (χ0v) is 12.1. The van der Waals surface area contributed by atoms with Gasteiger partial charge in [-0.15, -0.1) is 0 Å². The van der Waals surface area contributed by atoms with Gasteiger partial charge in [-0.1, -0.05) is 12.1 Å². The van der Waals surface area contributed by atoms with Crippen molar-refractivity contribution in [2.24, 2.45) is 0 Å². The lowest BCUT2D eigenvalue weighted by Gasteiger charge is -2.07. The minimum Gasteiger partial charge on any atom is -0.476 e. The maximum Gasteiger partial charge on any atom is 0.278 e. The Bertz CT molecular complexity index is 899. The molecule has 0 spiro atoms. The lowest BCUT2D eigenvalue weighted by Crippen LogP contribution is -2.04. The molecule has 23 heavy (non-hydrogen) atoms. The Kier molecular flexibility index (Phi) is 3.67. The van der Waals surface area contributed by atoms with Crippen LogP contribution in [0.4, 0.5) is 11.6 Å². The third kappa shape index (κ3) is 2.71. The fourth-order valence-electron chi connectivity index (χ4n) is 2.12. The van der Waals surface area contributed by atoms with Crippen molar-refractivity contribution in [3.63, 3.8) is 0 Å². The van der Waals surface area contributed by atoms with Crippen molar-refractivity contribution < 1.29 is 9.66 Å². The molecule has 9 heteroatoms. The monoisotopic (exact) mass is 312 g/mol. The highest BCUT2D eigenvalue weighted by Crippen LogP contribution is 2.30. The number of nitro benzene ring substituents is 1. The van der Waals surface area contributed by atoms with Gasteiger partial charge in [-0.2, -0.15) is 9.97 Å². The quantitative estimate of drug-likeness (QED) is 0.571. The molecular formula is C14H12N6O3. The van der Waals surface area contributed by atoms with Crippen LogP contribution in [-0.2, 0) is 0 Å². The zero-order valence-electron chi connectivity index (χ0n) is 12.1. The van der Waals surface area contributed by atoms with Crippen LogP contribution >= 0.6 is 0 Å². The van der Waals surface area contributed by atoms with Crippen LogP contribution in [0.2, 0.25) is 0 Å². The molecule has 0 bridgehead atoms. The van der Waals surface area contributed by atoms with Crippen molar-refractivity contribution in [1.29, 1.82) is 0 Å². The molecule has 9 nitrogen and oxygen atoms in total. The predicted molar refractivity (Wildman–Crippen MR) is 82.8 cm³/mol. The van der Waals surface area contributed by atoms with E-state index in [1.807, 2.05) is 0 Å². The van der Waals surface area contributed by atoms with E-state index in [0.717, 1.165) is 0 Å². The maximum atomic E-state index is 11.2. The third-order valence-electron chi connectivity index (χ3n) is 3.05. The van der Waals surface area contributed by atoms with E-state index < -0.39 is 4.92 Å². The van der Waals surface area contributed by atoms with Crippen molar-refractivity contribution in [2.45, 2.75) is 6.92 Å². The topological polar surface area (TPSA) is 130 Å². The predicted octanol–water partition coefficient (Wildman–Crippen LogP) is 1.98. The summed E-state index contributed by atoms with van der Waals surface area (Å²) in [6.45, 7) is 2.16. The number of hydrogen-bond acceptors (Lipinski definition) is 8. The second-order valence-corrected chi connectivity index (χ2v) is 4.52. The Morgan fingerprint density at radius 3 is 2.78 bits per heavy atom. The van der Waals surface area contributed by atoms with E-state index in [-0.39, 0.29) is 23.2 Å². The molecule has 0 radical (unpaired) electrons. The zero-order chi connectivity index (χ0) is 16.4. The lowest BCUT2D eigenvalue weighted by molar-refractivity contribution is -0.384. The van der Waals surface area contributed by atoms with E-state index in [1.165, 1.54) is 12.3 Å². The number of rotatable bonds is 4. The number of fused-ring (bicyclic) bond motifs is 1. The van der Waals surface area contributed by atoms with Gasteiger partial charge in [0.1, 0.15) is 0 Å². The number of para-hydroxylation sites is 1. The number of nitro groups is 1. The van der Waals surface area contributed by atoms with Crippen LogP contribution in [-0.4, -0.2) is 31.5 Å². The van der Waals surface area contributed by atoms with Gasteiger partial charge in [0.2, 0.25) is 11.8 Å². The molecule has 2 aromatic heterocycles. The molecule has 0 saturated heterocycles. The normalized spacial score (nSPS) is 10.7. The van der Waals surface area contributed by atoms with Gasteiger partial charge in [-0.05, 0) is 13.0 Å². The number of benzene rings is 1. The first-order valence-corrected chi connectivity index (χ1v) is 6.77. The van der Waals surface area contributed by atoms with Crippen LogP contribution in [0.25, 0.3) is 22.4 Å². The van der Waals surface area contributed by atoms with E-state index in [4.69, 9.17) is 10.5 Å². The molecule has 0 atom stereocenters. The molecule has 1 aromatic carbocycles. The van der Waals surface area contributed by atoms with Gasteiger partial charge in [0.15, 0.2) is 11.2 Å². The first-order valence-electron chi connectivity index (χ1n) is 6.77. The molecule has 2 N–H and O–H groups in total. The molecule has 2 heterocycles. The summed E-state index contributed by atoms with van der Waals surface area (Å²) in [6.07, 6.45) is 1.41. The number of nitrogens with zero attached hydrogens (tertiary/aromatic N) is 5. The summed E-state index contributed by atoms with van der Waals surface area (Å²) in [6, 6.07) is 6.29. The number of nitrogen functional groups attached to an aromatic ring is 1. The van der Waals surface area contributed by atoms with E-state index in [1.54, 1.807) is 25.1 Å². The smallest absolute Gasteiger partial charge is 0.278 e. The summed E-state index contributed by atoms with van der Waals surface area (Å²) in [7, 11) is 0. The van der Waals surface area contributed by atoms with Crippen LogP contribution in [0, 0.1) is 10.1 Å². The summed E-state index contributed by atoms with van der Waals surface area (Å²) >= 11 is 0. The average molecular weight is 312 g/mol. The number of ether oxygens (including phenoxy) is 1. The standard InChI is InChI=1S/C14H12N6O3/c1-2-23-13-11-12(18-14(15)19-13)16-7-9(17-11)8-5-3-4-6-10(8)20(21)22/h3-7H,2H2,1H3,(H2,15,16,18,19). The van der Waals surface area contributed by atoms with Gasteiger partial charge >= 0.3 is 0 Å². The number of aromatic nitrogens is 4. The molecular weight excluding hydrogens is 300 g/mol. The van der Waals surface area contributed by atoms with Crippen molar-refractivity contribution in [1.82, 2.24) is 19.9 Å². The molecule has 0 aliphatic carbocycles. The second kappa shape index (κ2) is 5.79. The van der Waals surface area contributed by atoms with Crippen LogP contribution in [0.5, 0.6) is 5.88 Å². The fourth-order valence-corrected chi connectivity index (χ4v) is 2.12. The van der Waals surface area contributed by atoms with Crippen molar-refractivity contribution in [3.8, 4) is 17.1 Å². The average Bonchev–Trinajstić information content (AvgIpc) is 2.54. The van der Waals surface area contributed by atoms with Gasteiger partial charge in [0.05, 0.1) is 29.0 Å². The molecule has 116 valence electrons. The molecule has 0 unspecified atom stereocenters. The maximum absolute atomic E-state index is 11.2. The minimum atomic E-state index is -0.468. The Balaban J connectivity index is 2.23. The summed E-state index contributed by atoms with van der Waals surface area (Å²) in [5, 5.41) is 11.2. The molecule has 0 fully saturated rings. The Morgan fingerprint density at radius 2 is 2.04 bits per heavy atom. The Labute approximate surface area is 130 Å². The highest BCUT2D eigenvalue weighted by atomic mass is 16.6. The van der Waals surface area contributed by atoms with Gasteiger partial charge in [-0.3, -0.25) is 10.1 Å². The van der Waals surface area contributed by atoms with E-state index >= 15 is 0 Å². The summed E-state index contributed by atoms with van der Waals surface area (Å²) in [5.41, 5.74) is 6.80. The van der Waals surface area contributed by atoms with Gasteiger partial charge < -0.3 is 10.5 Å². The van der Waals surface area contributed by atoms with E-state index in [2.05, 4.69) is 19.9 Å². The molecule has 3 rings (SSSR count). The van der Waals surface area contributed by atoms with E-state index in [9.17, 15) is 10.1 Å². The fraction of sp³-hybridized carbons (Fsp3) is 0.143. The van der Waals surface area contributed by atoms with Gasteiger partial charge in [0, 0.05) is 6.07 Å². The molecule has 0 saturated carbocycles. The van der Waals surface area contributed by atoms with Crippen LogP contribution in [0.1, 0.15) is 6.92 Å². The van der Waals surface area contributed by atoms with Gasteiger partial charge in [-0.25, -0.2) is 9.97 Å². The summed E-state index contributed by atoms with van der Waals surface area (Å²) < 4.78 is 5.40. The van der Waals surface area contributed by atoms with E-state index in [0.29, 0.717) is 23.4 Å². The minimum absolute atomic E-state index is 0.0219. The Morgan fingerprint density at radius 1 is 1.26 bits per heavy atom. The van der Waals surface area contributed by atoms with Crippen molar-refractivity contribution in [3.05, 3.63) is 40.6 Å². The van der Waals surface area contributed by atoms with Gasteiger partial charge in [0.25, 0.3) is 5.69 Å². The highest BCUT2D eigenvalue weighted by molar-refractivity contribution is 5.81. The number of hydrogen-bond donors (Lipinski definition) is 1. The number of anilines is 1. The number of nitrogens with two attached hydrogens (primary N) is 1. The second-order valence-electron chi connectivity index (χ2n) is 4.52. The molecule has 3 aromatic rings. The molecule has 0 aliphatic heterocycles. The first kappa shape index (κ1) is 14.6. The third-order valence-corrected chi connectivity index (χ3v) is 3.05. The van der Waals surface area contributed by atoms with Crippen LogP contribution in [0.3, 0.4) is 0 Å². The first-order chi connectivity index (χ1) is 11.1. The SMILES string of the molecule is CCOc1nc(N)nc2ncc(-c3ccccc3[N+](=O)[O-])nc12. The lowest BCUT2D eigenvalue weighted by atomic mass is 10.1. The largest absolute Gasteiger partial charge is 0.476 e. The summed E-state index contributed by atoms with van der Waals surface area (Å²) in [4.78, 5) is 27.2. The Hall–Kier alpha value is -3.36. The highest BCUT2D eigenvalue weighted by Gasteiger charge is 2.18. The van der Waals surface area contributed by atoms with Crippen molar-refractivity contribution >= 4 is 22.8 Å². The van der Waals surface area contributed by atoms with Crippen LogP contribution in [0.15, 0.2) is 30.5 Å². The van der Waals surface area contributed by atoms with Crippen LogP contribution < -0.4 is 10.5 Å². The molecule has 0 amide bonds. The summed E-state index contributed by atoms with van der Waals surface area (Å²) in [5.74, 6) is 0.219.